The van der Waals surface area contributed by atoms with E-state index in [9.17, 15) is 9.59 Å². The molecule has 1 aliphatic rings. The van der Waals surface area contributed by atoms with Gasteiger partial charge in [0.25, 0.3) is 0 Å². The van der Waals surface area contributed by atoms with Gasteiger partial charge in [-0.15, -0.1) is 0 Å². The minimum absolute atomic E-state index is 0.151. The number of fused-ring (bicyclic) bond motifs is 1. The normalized spacial score (nSPS) is 14.0. The lowest BCUT2D eigenvalue weighted by molar-refractivity contribution is 0.0590. The minimum atomic E-state index is -0.570. The van der Waals surface area contributed by atoms with Crippen molar-refractivity contribution in [2.75, 3.05) is 13.9 Å². The Labute approximate surface area is 167 Å². The maximum atomic E-state index is 13.3. The summed E-state index contributed by atoms with van der Waals surface area (Å²) in [6.45, 7) is 0.151. The number of H-pyrrole nitrogens is 1. The summed E-state index contributed by atoms with van der Waals surface area (Å²) < 4.78 is 15.8. The van der Waals surface area contributed by atoms with Crippen LogP contribution < -0.4 is 5.43 Å². The van der Waals surface area contributed by atoms with Gasteiger partial charge in [-0.05, 0) is 30.5 Å². The standard InChI is InChI=1S/C23H21NO5/c1-27-23(26)21-18(22(25)17-9-5-6-10-19(17)24-21)12-16(20-13-28-14-29-20)11-15-7-3-2-4-8-15/h2-10,13,16H,11-12,14H2,1H3,(H,24,25). The Morgan fingerprint density at radius 2 is 1.86 bits per heavy atom. The zero-order chi connectivity index (χ0) is 20.2. The number of nitrogens with one attached hydrogen (secondary N) is 1. The Balaban J connectivity index is 1.79. The molecule has 148 valence electrons. The van der Waals surface area contributed by atoms with E-state index in [0.717, 1.165) is 5.56 Å². The zero-order valence-electron chi connectivity index (χ0n) is 16.0. The SMILES string of the molecule is COC(=O)c1[nH]c2ccccc2c(=O)c1CC(Cc1ccccc1)C1=COCO1. The number of benzene rings is 2. The Bertz CT molecular complexity index is 1120. The number of rotatable bonds is 6. The van der Waals surface area contributed by atoms with E-state index in [0.29, 0.717) is 35.1 Å². The second kappa shape index (κ2) is 8.22. The van der Waals surface area contributed by atoms with E-state index in [2.05, 4.69) is 4.98 Å². The van der Waals surface area contributed by atoms with E-state index in [4.69, 9.17) is 14.2 Å². The molecule has 1 atom stereocenters. The predicted molar refractivity (Wildman–Crippen MR) is 108 cm³/mol. The summed E-state index contributed by atoms with van der Waals surface area (Å²) in [6.07, 6.45) is 2.54. The number of hydrogen-bond acceptors (Lipinski definition) is 5. The van der Waals surface area contributed by atoms with Crippen LogP contribution in [0.15, 0.2) is 71.4 Å². The van der Waals surface area contributed by atoms with Gasteiger partial charge in [-0.25, -0.2) is 4.79 Å². The first-order valence-corrected chi connectivity index (χ1v) is 9.38. The van der Waals surface area contributed by atoms with Gasteiger partial charge < -0.3 is 19.2 Å². The molecule has 0 fully saturated rings. The molecule has 29 heavy (non-hydrogen) atoms. The summed E-state index contributed by atoms with van der Waals surface area (Å²) in [4.78, 5) is 28.8. The lowest BCUT2D eigenvalue weighted by Gasteiger charge is -2.18. The Morgan fingerprint density at radius 3 is 2.59 bits per heavy atom. The fourth-order valence-corrected chi connectivity index (χ4v) is 3.63. The van der Waals surface area contributed by atoms with Crippen LogP contribution in [0.4, 0.5) is 0 Å². The van der Waals surface area contributed by atoms with Crippen LogP contribution in [0, 0.1) is 5.92 Å². The molecule has 0 radical (unpaired) electrons. The van der Waals surface area contributed by atoms with Gasteiger partial charge in [0.15, 0.2) is 5.43 Å². The van der Waals surface area contributed by atoms with Gasteiger partial charge in [-0.1, -0.05) is 42.5 Å². The maximum absolute atomic E-state index is 13.3. The van der Waals surface area contributed by atoms with Crippen molar-refractivity contribution in [1.29, 1.82) is 0 Å². The molecular weight excluding hydrogens is 370 g/mol. The third kappa shape index (κ3) is 3.87. The van der Waals surface area contributed by atoms with Gasteiger partial charge in [0.1, 0.15) is 17.7 Å². The second-order valence-corrected chi connectivity index (χ2v) is 6.88. The molecule has 1 unspecified atom stereocenters. The molecule has 6 nitrogen and oxygen atoms in total. The molecular formula is C23H21NO5. The largest absolute Gasteiger partial charge is 0.464 e. The molecule has 6 heteroatoms. The van der Waals surface area contributed by atoms with Gasteiger partial charge >= 0.3 is 5.97 Å². The highest BCUT2D eigenvalue weighted by atomic mass is 16.7. The van der Waals surface area contributed by atoms with Gasteiger partial charge in [-0.3, -0.25) is 4.79 Å². The number of esters is 1. The van der Waals surface area contributed by atoms with Crippen molar-refractivity contribution in [3.63, 3.8) is 0 Å². The molecule has 0 spiro atoms. The van der Waals surface area contributed by atoms with Crippen molar-refractivity contribution in [3.8, 4) is 0 Å². The average Bonchev–Trinajstić information content (AvgIpc) is 3.30. The third-order valence-corrected chi connectivity index (χ3v) is 5.07. The van der Waals surface area contributed by atoms with Gasteiger partial charge in [-0.2, -0.15) is 0 Å². The molecule has 1 aliphatic heterocycles. The van der Waals surface area contributed by atoms with Crippen LogP contribution in [0.25, 0.3) is 10.9 Å². The number of carbonyl (C=O) groups is 1. The Morgan fingerprint density at radius 1 is 1.10 bits per heavy atom. The molecule has 2 heterocycles. The van der Waals surface area contributed by atoms with Crippen molar-refractivity contribution in [3.05, 3.63) is 93.7 Å². The molecule has 2 aromatic carbocycles. The molecule has 1 N–H and O–H groups in total. The monoisotopic (exact) mass is 391 g/mol. The molecule has 3 aromatic rings. The average molecular weight is 391 g/mol. The second-order valence-electron chi connectivity index (χ2n) is 6.88. The van der Waals surface area contributed by atoms with Gasteiger partial charge in [0.05, 0.1) is 7.11 Å². The highest BCUT2D eigenvalue weighted by Crippen LogP contribution is 2.26. The number of hydrogen-bond donors (Lipinski definition) is 1. The quantitative estimate of drug-likeness (QED) is 0.650. The number of aromatic nitrogens is 1. The summed E-state index contributed by atoms with van der Waals surface area (Å²) in [7, 11) is 1.30. The van der Waals surface area contributed by atoms with Crippen LogP contribution in [-0.4, -0.2) is 24.9 Å². The molecule has 0 saturated carbocycles. The van der Waals surface area contributed by atoms with Crippen molar-refractivity contribution >= 4 is 16.9 Å². The Hall–Kier alpha value is -3.54. The van der Waals surface area contributed by atoms with Crippen molar-refractivity contribution in [2.45, 2.75) is 12.8 Å². The van der Waals surface area contributed by atoms with E-state index in [1.165, 1.54) is 7.11 Å². The predicted octanol–water partition coefficient (Wildman–Crippen LogP) is 3.56. The van der Waals surface area contributed by atoms with E-state index >= 15 is 0 Å². The highest BCUT2D eigenvalue weighted by Gasteiger charge is 2.26. The number of pyridine rings is 1. The van der Waals surface area contributed by atoms with Crippen LogP contribution in [-0.2, 0) is 27.1 Å². The van der Waals surface area contributed by atoms with Crippen LogP contribution in [0.5, 0.6) is 0 Å². The van der Waals surface area contributed by atoms with E-state index in [1.807, 2.05) is 36.4 Å². The lowest BCUT2D eigenvalue weighted by atomic mass is 9.89. The van der Waals surface area contributed by atoms with Gasteiger partial charge in [0, 0.05) is 22.4 Å². The summed E-state index contributed by atoms with van der Waals surface area (Å²) in [6, 6.07) is 17.1. The number of allylic oxidation sites excluding steroid dienone is 1. The van der Waals surface area contributed by atoms with Crippen LogP contribution in [0.1, 0.15) is 21.6 Å². The van der Waals surface area contributed by atoms with Crippen molar-refractivity contribution in [2.24, 2.45) is 5.92 Å². The first kappa shape index (κ1) is 18.8. The number of carbonyl (C=O) groups excluding carboxylic acids is 1. The Kier molecular flexibility index (Phi) is 5.33. The molecule has 0 bridgehead atoms. The smallest absolute Gasteiger partial charge is 0.354 e. The topological polar surface area (TPSA) is 77.6 Å². The first-order chi connectivity index (χ1) is 14.2. The van der Waals surface area contributed by atoms with E-state index in [-0.39, 0.29) is 23.8 Å². The maximum Gasteiger partial charge on any atom is 0.354 e. The van der Waals surface area contributed by atoms with Crippen LogP contribution in [0.3, 0.4) is 0 Å². The fourth-order valence-electron chi connectivity index (χ4n) is 3.63. The lowest BCUT2D eigenvalue weighted by Crippen LogP contribution is -2.24. The number of ether oxygens (including phenoxy) is 3. The number of aromatic amines is 1. The molecule has 1 aromatic heterocycles. The van der Waals surface area contributed by atoms with Crippen LogP contribution >= 0.6 is 0 Å². The summed E-state index contributed by atoms with van der Waals surface area (Å²) in [5.41, 5.74) is 2.07. The highest BCUT2D eigenvalue weighted by molar-refractivity contribution is 5.92. The molecule has 0 aliphatic carbocycles. The van der Waals surface area contributed by atoms with Crippen LogP contribution in [0.2, 0.25) is 0 Å². The van der Waals surface area contributed by atoms with Crippen molar-refractivity contribution in [1.82, 2.24) is 4.98 Å². The molecule has 0 amide bonds. The molecule has 0 saturated heterocycles. The van der Waals surface area contributed by atoms with Gasteiger partial charge in [0.2, 0.25) is 6.79 Å². The summed E-state index contributed by atoms with van der Waals surface area (Å²) in [5, 5.41) is 0.534. The van der Waals surface area contributed by atoms with E-state index < -0.39 is 5.97 Å². The number of para-hydroxylation sites is 1. The van der Waals surface area contributed by atoms with Crippen molar-refractivity contribution < 1.29 is 19.0 Å². The fraction of sp³-hybridized carbons (Fsp3) is 0.217. The summed E-state index contributed by atoms with van der Waals surface area (Å²) >= 11 is 0. The van der Waals surface area contributed by atoms with E-state index in [1.54, 1.807) is 24.5 Å². The zero-order valence-corrected chi connectivity index (χ0v) is 16.0. The number of methoxy groups -OCH3 is 1. The first-order valence-electron chi connectivity index (χ1n) is 9.38. The minimum Gasteiger partial charge on any atom is -0.464 e. The third-order valence-electron chi connectivity index (χ3n) is 5.07. The molecule has 4 rings (SSSR count). The summed E-state index contributed by atoms with van der Waals surface area (Å²) in [5.74, 6) is -0.0679.